The van der Waals surface area contributed by atoms with Gasteiger partial charge in [0.25, 0.3) is 0 Å². The number of carboxylic acids is 1. The van der Waals surface area contributed by atoms with Gasteiger partial charge < -0.3 is 15.7 Å². The molecule has 1 unspecified atom stereocenters. The molecule has 1 amide bonds. The van der Waals surface area contributed by atoms with Crippen molar-refractivity contribution in [3.8, 4) is 0 Å². The molecule has 0 aliphatic carbocycles. The van der Waals surface area contributed by atoms with Crippen LogP contribution in [0.15, 0.2) is 24.3 Å². The largest absolute Gasteiger partial charge is 0.480 e. The quantitative estimate of drug-likeness (QED) is 0.737. The Kier molecular flexibility index (Phi) is 5.36. The zero-order chi connectivity index (χ0) is 14.4. The molecule has 0 saturated heterocycles. The number of benzene rings is 1. The lowest BCUT2D eigenvalue weighted by atomic mass is 10.2. The van der Waals surface area contributed by atoms with Crippen LogP contribution in [0.5, 0.6) is 0 Å². The van der Waals surface area contributed by atoms with Crippen molar-refractivity contribution in [1.29, 1.82) is 0 Å². The minimum absolute atomic E-state index is 0.0672. The number of nitrogens with one attached hydrogen (secondary N) is 2. The maximum Gasteiger partial charge on any atom is 0.326 e. The summed E-state index contributed by atoms with van der Waals surface area (Å²) in [4.78, 5) is 22.5. The second-order valence-corrected chi connectivity index (χ2v) is 4.67. The highest BCUT2D eigenvalue weighted by molar-refractivity contribution is 5.92. The van der Waals surface area contributed by atoms with Crippen LogP contribution in [-0.4, -0.2) is 23.0 Å². The summed E-state index contributed by atoms with van der Waals surface area (Å²) >= 11 is 0. The average Bonchev–Trinajstić information content (AvgIpc) is 2.35. The molecule has 1 aromatic carbocycles. The molecule has 19 heavy (non-hydrogen) atoms. The van der Waals surface area contributed by atoms with Crippen molar-refractivity contribution in [2.24, 2.45) is 5.92 Å². The fraction of sp³-hybridized carbons (Fsp3) is 0.429. The van der Waals surface area contributed by atoms with Crippen LogP contribution in [0.3, 0.4) is 0 Å². The second kappa shape index (κ2) is 6.78. The smallest absolute Gasteiger partial charge is 0.326 e. The van der Waals surface area contributed by atoms with Gasteiger partial charge in [-0.3, -0.25) is 4.79 Å². The van der Waals surface area contributed by atoms with E-state index in [1.54, 1.807) is 31.2 Å². The monoisotopic (exact) mass is 264 g/mol. The normalized spacial score (nSPS) is 12.0. The Bertz CT molecular complexity index is 458. The Hall–Kier alpha value is -2.04. The molecule has 1 aromatic rings. The summed E-state index contributed by atoms with van der Waals surface area (Å²) in [5.74, 6) is -1.06. The van der Waals surface area contributed by atoms with Gasteiger partial charge in [-0.05, 0) is 24.6 Å². The summed E-state index contributed by atoms with van der Waals surface area (Å²) in [6.45, 7) is 5.43. The molecule has 0 aliphatic heterocycles. The van der Waals surface area contributed by atoms with Crippen LogP contribution in [0.25, 0.3) is 0 Å². The first-order chi connectivity index (χ1) is 8.93. The first-order valence-electron chi connectivity index (χ1n) is 6.34. The van der Waals surface area contributed by atoms with E-state index in [2.05, 4.69) is 10.6 Å². The molecule has 0 bridgehead atoms. The maximum atomic E-state index is 11.6. The van der Waals surface area contributed by atoms with E-state index in [1.165, 1.54) is 0 Å². The number of carbonyl (C=O) groups is 2. The van der Waals surface area contributed by atoms with E-state index in [9.17, 15) is 9.59 Å². The number of carbonyl (C=O) groups excluding carboxylic acids is 1. The lowest BCUT2D eigenvalue weighted by molar-refractivity contribution is -0.138. The molecule has 0 heterocycles. The van der Waals surface area contributed by atoms with Gasteiger partial charge in [0.05, 0.1) is 0 Å². The van der Waals surface area contributed by atoms with Crippen molar-refractivity contribution >= 4 is 23.3 Å². The van der Waals surface area contributed by atoms with Crippen LogP contribution in [0.2, 0.25) is 0 Å². The third-order valence-electron chi connectivity index (χ3n) is 2.70. The van der Waals surface area contributed by atoms with Gasteiger partial charge in [0.2, 0.25) is 5.91 Å². The summed E-state index contributed by atoms with van der Waals surface area (Å²) in [5, 5.41) is 14.7. The number of aliphatic carboxylic acids is 1. The fourth-order valence-corrected chi connectivity index (χ4v) is 1.51. The second-order valence-electron chi connectivity index (χ2n) is 4.67. The van der Waals surface area contributed by atoms with Gasteiger partial charge in [0.1, 0.15) is 6.04 Å². The molecule has 0 saturated carbocycles. The zero-order valence-corrected chi connectivity index (χ0v) is 11.4. The van der Waals surface area contributed by atoms with Crippen LogP contribution in [0.4, 0.5) is 11.4 Å². The number of rotatable bonds is 6. The summed E-state index contributed by atoms with van der Waals surface area (Å²) in [6.07, 6.45) is 0.484. The molecule has 1 rings (SSSR count). The van der Waals surface area contributed by atoms with E-state index in [0.29, 0.717) is 17.8 Å². The Morgan fingerprint density at radius 3 is 2.42 bits per heavy atom. The number of carboxylic acid groups (broad SMARTS) is 1. The molecule has 1 atom stereocenters. The molecule has 0 radical (unpaired) electrons. The molecular formula is C14H20N2O3. The third kappa shape index (κ3) is 4.62. The van der Waals surface area contributed by atoms with Gasteiger partial charge >= 0.3 is 5.97 Å². The lowest BCUT2D eigenvalue weighted by Gasteiger charge is -2.15. The number of hydrogen-bond acceptors (Lipinski definition) is 3. The zero-order valence-electron chi connectivity index (χ0n) is 11.4. The van der Waals surface area contributed by atoms with E-state index in [4.69, 9.17) is 5.11 Å². The molecule has 3 N–H and O–H groups in total. The van der Waals surface area contributed by atoms with E-state index >= 15 is 0 Å². The van der Waals surface area contributed by atoms with Crippen LogP contribution in [-0.2, 0) is 9.59 Å². The highest BCUT2D eigenvalue weighted by Gasteiger charge is 2.14. The number of anilines is 2. The summed E-state index contributed by atoms with van der Waals surface area (Å²) < 4.78 is 0. The molecule has 5 nitrogen and oxygen atoms in total. The lowest BCUT2D eigenvalue weighted by Crippen LogP contribution is -2.28. The van der Waals surface area contributed by atoms with Crippen molar-refractivity contribution in [3.05, 3.63) is 24.3 Å². The minimum atomic E-state index is -0.890. The minimum Gasteiger partial charge on any atom is -0.480 e. The van der Waals surface area contributed by atoms with Gasteiger partial charge in [-0.25, -0.2) is 4.79 Å². The van der Waals surface area contributed by atoms with E-state index in [0.717, 1.165) is 0 Å². The van der Waals surface area contributed by atoms with Gasteiger partial charge in [-0.15, -0.1) is 0 Å². The van der Waals surface area contributed by atoms with Crippen LogP contribution in [0, 0.1) is 5.92 Å². The third-order valence-corrected chi connectivity index (χ3v) is 2.70. The highest BCUT2D eigenvalue weighted by Crippen LogP contribution is 2.17. The predicted molar refractivity (Wildman–Crippen MR) is 75.2 cm³/mol. The van der Waals surface area contributed by atoms with Gasteiger partial charge in [-0.2, -0.15) is 0 Å². The molecule has 104 valence electrons. The Morgan fingerprint density at radius 2 is 1.89 bits per heavy atom. The molecule has 5 heteroatoms. The maximum absolute atomic E-state index is 11.6. The number of amides is 1. The standard InChI is InChI=1S/C14H20N2O3/c1-4-12(14(18)19)15-10-6-5-7-11(8-10)16-13(17)9(2)3/h5-9,12,15H,4H2,1-3H3,(H,16,17)(H,18,19). The summed E-state index contributed by atoms with van der Waals surface area (Å²) in [6, 6.07) is 6.42. The van der Waals surface area contributed by atoms with Crippen molar-refractivity contribution < 1.29 is 14.7 Å². The van der Waals surface area contributed by atoms with Crippen molar-refractivity contribution in [1.82, 2.24) is 0 Å². The van der Waals surface area contributed by atoms with E-state index < -0.39 is 12.0 Å². The fourth-order valence-electron chi connectivity index (χ4n) is 1.51. The number of hydrogen-bond donors (Lipinski definition) is 3. The highest BCUT2D eigenvalue weighted by atomic mass is 16.4. The van der Waals surface area contributed by atoms with E-state index in [-0.39, 0.29) is 11.8 Å². The van der Waals surface area contributed by atoms with Crippen molar-refractivity contribution in [2.45, 2.75) is 33.2 Å². The van der Waals surface area contributed by atoms with Crippen molar-refractivity contribution in [3.63, 3.8) is 0 Å². The van der Waals surface area contributed by atoms with Gasteiger partial charge in [-0.1, -0.05) is 26.8 Å². The molecular weight excluding hydrogens is 244 g/mol. The Morgan fingerprint density at radius 1 is 1.26 bits per heavy atom. The van der Waals surface area contributed by atoms with Crippen LogP contribution in [0.1, 0.15) is 27.2 Å². The Balaban J connectivity index is 2.77. The van der Waals surface area contributed by atoms with Gasteiger partial charge in [0, 0.05) is 17.3 Å². The van der Waals surface area contributed by atoms with Gasteiger partial charge in [0.15, 0.2) is 0 Å². The average molecular weight is 264 g/mol. The van der Waals surface area contributed by atoms with Crippen LogP contribution < -0.4 is 10.6 Å². The van der Waals surface area contributed by atoms with E-state index in [1.807, 2.05) is 13.8 Å². The first kappa shape index (κ1) is 15.0. The van der Waals surface area contributed by atoms with Crippen LogP contribution >= 0.6 is 0 Å². The molecule has 0 aromatic heterocycles. The molecule has 0 fully saturated rings. The SMILES string of the molecule is CCC(Nc1cccc(NC(=O)C(C)C)c1)C(=O)O. The summed E-state index contributed by atoms with van der Waals surface area (Å²) in [7, 11) is 0. The van der Waals surface area contributed by atoms with Crippen molar-refractivity contribution in [2.75, 3.05) is 10.6 Å². The Labute approximate surface area is 113 Å². The first-order valence-corrected chi connectivity index (χ1v) is 6.34. The topological polar surface area (TPSA) is 78.4 Å². The predicted octanol–water partition coefficient (Wildman–Crippen LogP) is 2.56. The molecule has 0 aliphatic rings. The molecule has 0 spiro atoms. The summed E-state index contributed by atoms with van der Waals surface area (Å²) in [5.41, 5.74) is 1.33.